The first kappa shape index (κ1) is 22.0. The quantitative estimate of drug-likeness (QED) is 0.492. The zero-order valence-electron chi connectivity index (χ0n) is 17.2. The predicted molar refractivity (Wildman–Crippen MR) is 121 cm³/mol. The number of morpholine rings is 1. The van der Waals surface area contributed by atoms with Crippen LogP contribution in [0.1, 0.15) is 29.2 Å². The summed E-state index contributed by atoms with van der Waals surface area (Å²) in [7, 11) is 0. The predicted octanol–water partition coefficient (Wildman–Crippen LogP) is 3.28. The van der Waals surface area contributed by atoms with E-state index in [0.717, 1.165) is 73.1 Å². The molecule has 8 heteroatoms. The molecule has 1 unspecified atom stereocenters. The maximum Gasteiger partial charge on any atom is 0.191 e. The fraction of sp³-hybridized carbons (Fsp3) is 0.524. The smallest absolute Gasteiger partial charge is 0.191 e. The molecule has 0 radical (unpaired) electrons. The van der Waals surface area contributed by atoms with Gasteiger partial charge >= 0.3 is 0 Å². The molecule has 158 valence electrons. The summed E-state index contributed by atoms with van der Waals surface area (Å²) in [5.74, 6) is 0.824. The van der Waals surface area contributed by atoms with E-state index in [-0.39, 0.29) is 6.04 Å². The van der Waals surface area contributed by atoms with Crippen LogP contribution in [0.25, 0.3) is 0 Å². The minimum Gasteiger partial charge on any atom is -0.379 e. The minimum absolute atomic E-state index is 0.129. The Morgan fingerprint density at radius 1 is 1.31 bits per heavy atom. The second-order valence-electron chi connectivity index (χ2n) is 6.94. The number of hydrogen-bond acceptors (Lipinski definition) is 5. The number of aromatic nitrogens is 1. The highest BCUT2D eigenvalue weighted by Crippen LogP contribution is 2.28. The minimum atomic E-state index is 0.129. The number of benzene rings is 1. The fourth-order valence-electron chi connectivity index (χ4n) is 3.40. The van der Waals surface area contributed by atoms with E-state index in [1.54, 1.807) is 11.3 Å². The van der Waals surface area contributed by atoms with E-state index in [1.807, 2.05) is 25.1 Å². The van der Waals surface area contributed by atoms with Crippen LogP contribution < -0.4 is 10.6 Å². The molecular weight excluding hydrogens is 406 g/mol. The third-order valence-electron chi connectivity index (χ3n) is 4.86. The number of thiazole rings is 1. The first-order valence-electron chi connectivity index (χ1n) is 10.2. The van der Waals surface area contributed by atoms with Gasteiger partial charge in [0.15, 0.2) is 5.96 Å². The Bertz CT molecular complexity index is 791. The monoisotopic (exact) mass is 435 g/mol. The van der Waals surface area contributed by atoms with Crippen LogP contribution in [-0.4, -0.2) is 61.8 Å². The van der Waals surface area contributed by atoms with Crippen molar-refractivity contribution >= 4 is 28.9 Å². The Morgan fingerprint density at radius 2 is 2.10 bits per heavy atom. The largest absolute Gasteiger partial charge is 0.379 e. The molecule has 0 amide bonds. The number of hydrogen-bond donors (Lipinski definition) is 2. The first-order valence-corrected chi connectivity index (χ1v) is 11.4. The van der Waals surface area contributed by atoms with Crippen LogP contribution in [0.3, 0.4) is 0 Å². The number of ether oxygens (including phenoxy) is 1. The lowest BCUT2D eigenvalue weighted by Gasteiger charge is -2.34. The highest BCUT2D eigenvalue weighted by atomic mass is 35.5. The van der Waals surface area contributed by atoms with Crippen molar-refractivity contribution < 1.29 is 4.74 Å². The Balaban J connectivity index is 1.67. The second-order valence-corrected chi connectivity index (χ2v) is 8.41. The van der Waals surface area contributed by atoms with Gasteiger partial charge in [0.25, 0.3) is 0 Å². The van der Waals surface area contributed by atoms with Gasteiger partial charge in [0, 0.05) is 43.0 Å². The first-order chi connectivity index (χ1) is 14.2. The molecule has 1 atom stereocenters. The molecule has 2 aromatic rings. The molecule has 1 aliphatic rings. The number of nitrogens with one attached hydrogen (secondary N) is 2. The lowest BCUT2D eigenvalue weighted by atomic mass is 10.0. The molecule has 6 nitrogen and oxygen atoms in total. The van der Waals surface area contributed by atoms with Crippen molar-refractivity contribution in [1.29, 1.82) is 0 Å². The van der Waals surface area contributed by atoms with Gasteiger partial charge in [0.05, 0.1) is 36.5 Å². The lowest BCUT2D eigenvalue weighted by Crippen LogP contribution is -2.42. The van der Waals surface area contributed by atoms with Crippen LogP contribution in [0.2, 0.25) is 5.02 Å². The Labute approximate surface area is 182 Å². The van der Waals surface area contributed by atoms with Crippen molar-refractivity contribution in [3.8, 4) is 0 Å². The van der Waals surface area contributed by atoms with Crippen molar-refractivity contribution in [1.82, 2.24) is 20.5 Å². The molecule has 0 bridgehead atoms. The van der Waals surface area contributed by atoms with Crippen LogP contribution in [0, 0.1) is 6.92 Å². The zero-order chi connectivity index (χ0) is 20.5. The summed E-state index contributed by atoms with van der Waals surface area (Å²) in [5.41, 5.74) is 2.24. The van der Waals surface area contributed by atoms with Gasteiger partial charge in [-0.05, 0) is 25.5 Å². The SMILES string of the molecule is CCNC(=NCC(c1ccccc1Cl)N1CCOCC1)NCCc1csc(C)n1. The zero-order valence-corrected chi connectivity index (χ0v) is 18.7. The third kappa shape index (κ3) is 6.67. The van der Waals surface area contributed by atoms with Crippen molar-refractivity contribution in [2.45, 2.75) is 26.3 Å². The molecule has 0 saturated carbocycles. The van der Waals surface area contributed by atoms with E-state index in [4.69, 9.17) is 21.3 Å². The number of rotatable bonds is 8. The van der Waals surface area contributed by atoms with Crippen molar-refractivity contribution in [3.63, 3.8) is 0 Å². The van der Waals surface area contributed by atoms with E-state index in [0.29, 0.717) is 6.54 Å². The Hall–Kier alpha value is -1.67. The molecule has 0 spiro atoms. The molecule has 1 fully saturated rings. The summed E-state index contributed by atoms with van der Waals surface area (Å²) < 4.78 is 5.54. The molecule has 2 heterocycles. The van der Waals surface area contributed by atoms with Gasteiger partial charge in [-0.2, -0.15) is 0 Å². The third-order valence-corrected chi connectivity index (χ3v) is 6.02. The molecule has 2 N–H and O–H groups in total. The molecule has 1 saturated heterocycles. The average Bonchev–Trinajstić information content (AvgIpc) is 3.15. The van der Waals surface area contributed by atoms with E-state index in [2.05, 4.69) is 38.9 Å². The molecule has 1 aromatic carbocycles. The average molecular weight is 436 g/mol. The van der Waals surface area contributed by atoms with Crippen molar-refractivity contribution in [3.05, 3.63) is 50.9 Å². The van der Waals surface area contributed by atoms with Gasteiger partial charge in [-0.1, -0.05) is 29.8 Å². The Kier molecular flexibility index (Phi) is 8.73. The second kappa shape index (κ2) is 11.5. The van der Waals surface area contributed by atoms with E-state index < -0.39 is 0 Å². The van der Waals surface area contributed by atoms with E-state index in [9.17, 15) is 0 Å². The molecule has 0 aliphatic carbocycles. The van der Waals surface area contributed by atoms with Gasteiger partial charge in [-0.15, -0.1) is 11.3 Å². The molecule has 29 heavy (non-hydrogen) atoms. The Morgan fingerprint density at radius 3 is 2.79 bits per heavy atom. The maximum atomic E-state index is 6.52. The normalized spacial score (nSPS) is 16.6. The molecule has 1 aliphatic heterocycles. The van der Waals surface area contributed by atoms with E-state index >= 15 is 0 Å². The van der Waals surface area contributed by atoms with Crippen molar-refractivity contribution in [2.24, 2.45) is 4.99 Å². The van der Waals surface area contributed by atoms with Crippen LogP contribution in [-0.2, 0) is 11.2 Å². The summed E-state index contributed by atoms with van der Waals surface area (Å²) in [5, 5.41) is 10.8. The molecule has 3 rings (SSSR count). The van der Waals surface area contributed by atoms with Crippen LogP contribution in [0.4, 0.5) is 0 Å². The highest BCUT2D eigenvalue weighted by molar-refractivity contribution is 7.09. The van der Waals surface area contributed by atoms with Gasteiger partial charge < -0.3 is 15.4 Å². The summed E-state index contributed by atoms with van der Waals surface area (Å²) in [6.07, 6.45) is 0.881. The van der Waals surface area contributed by atoms with Crippen LogP contribution >= 0.6 is 22.9 Å². The van der Waals surface area contributed by atoms with Crippen LogP contribution in [0.15, 0.2) is 34.6 Å². The van der Waals surface area contributed by atoms with E-state index in [1.165, 1.54) is 0 Å². The lowest BCUT2D eigenvalue weighted by molar-refractivity contribution is 0.0180. The highest BCUT2D eigenvalue weighted by Gasteiger charge is 2.24. The van der Waals surface area contributed by atoms with Gasteiger partial charge in [0.1, 0.15) is 0 Å². The van der Waals surface area contributed by atoms with Gasteiger partial charge in [-0.25, -0.2) is 4.98 Å². The number of guanidine groups is 1. The molecule has 1 aromatic heterocycles. The topological polar surface area (TPSA) is 61.8 Å². The molecular formula is C21H30ClN5OS. The fourth-order valence-corrected chi connectivity index (χ4v) is 4.31. The standard InChI is InChI=1S/C21H30ClN5OS/c1-3-23-21(24-9-8-17-15-29-16(2)26-17)25-14-20(27-10-12-28-13-11-27)18-6-4-5-7-19(18)22/h4-7,15,20H,3,8-14H2,1-2H3,(H2,23,24,25). The summed E-state index contributed by atoms with van der Waals surface area (Å²) in [6.45, 7) is 9.62. The maximum absolute atomic E-state index is 6.52. The number of nitrogens with zero attached hydrogens (tertiary/aromatic N) is 3. The summed E-state index contributed by atoms with van der Waals surface area (Å²) in [4.78, 5) is 11.8. The summed E-state index contributed by atoms with van der Waals surface area (Å²) in [6, 6.07) is 8.19. The van der Waals surface area contributed by atoms with Gasteiger partial charge in [0.2, 0.25) is 0 Å². The summed E-state index contributed by atoms with van der Waals surface area (Å²) >= 11 is 8.21. The van der Waals surface area contributed by atoms with Crippen LogP contribution in [0.5, 0.6) is 0 Å². The van der Waals surface area contributed by atoms with Crippen molar-refractivity contribution in [2.75, 3.05) is 45.9 Å². The van der Waals surface area contributed by atoms with Gasteiger partial charge in [-0.3, -0.25) is 9.89 Å². The number of aliphatic imine (C=N–C) groups is 1. The number of halogens is 1. The number of aryl methyl sites for hydroxylation is 1.